The molecule has 0 saturated heterocycles. The average molecular weight is 190 g/mol. The molecule has 0 atom stereocenters. The predicted octanol–water partition coefficient (Wildman–Crippen LogP) is 1.54. The molecule has 0 saturated carbocycles. The molecule has 0 spiro atoms. The molecule has 2 aromatic rings. The largest absolute Gasteiger partial charge is 0.459 e. The van der Waals surface area contributed by atoms with Gasteiger partial charge in [-0.2, -0.15) is 0 Å². The highest BCUT2D eigenvalue weighted by Crippen LogP contribution is 2.01. The number of furan rings is 1. The Bertz CT molecular complexity index is 390. The molecule has 2 N–H and O–H groups in total. The molecule has 0 bridgehead atoms. The minimum atomic E-state index is -0.198. The average Bonchev–Trinajstić information content (AvgIpc) is 2.87. The summed E-state index contributed by atoms with van der Waals surface area (Å²) in [5.74, 6) is 0.136. The van der Waals surface area contributed by atoms with Crippen molar-refractivity contribution in [2.45, 2.75) is 6.54 Å². The van der Waals surface area contributed by atoms with Crippen LogP contribution in [-0.4, -0.2) is 10.9 Å². The van der Waals surface area contributed by atoms with Gasteiger partial charge in [0.1, 0.15) is 0 Å². The Morgan fingerprint density at radius 2 is 2.43 bits per heavy atom. The van der Waals surface area contributed by atoms with Crippen molar-refractivity contribution in [1.29, 1.82) is 0 Å². The quantitative estimate of drug-likeness (QED) is 0.771. The van der Waals surface area contributed by atoms with Crippen molar-refractivity contribution in [3.8, 4) is 0 Å². The van der Waals surface area contributed by atoms with Crippen LogP contribution in [0.2, 0.25) is 0 Å². The van der Waals surface area contributed by atoms with Gasteiger partial charge in [-0.1, -0.05) is 0 Å². The highest BCUT2D eigenvalue weighted by Gasteiger charge is 2.06. The Balaban J connectivity index is 1.90. The van der Waals surface area contributed by atoms with Crippen LogP contribution < -0.4 is 5.32 Å². The van der Waals surface area contributed by atoms with E-state index in [1.807, 2.05) is 18.5 Å². The van der Waals surface area contributed by atoms with Crippen molar-refractivity contribution >= 4 is 5.91 Å². The molecule has 0 aromatic carbocycles. The number of hydrogen-bond acceptors (Lipinski definition) is 2. The van der Waals surface area contributed by atoms with Gasteiger partial charge < -0.3 is 14.7 Å². The number of H-pyrrole nitrogens is 1. The van der Waals surface area contributed by atoms with Crippen molar-refractivity contribution in [3.63, 3.8) is 0 Å². The van der Waals surface area contributed by atoms with Gasteiger partial charge in [-0.3, -0.25) is 4.79 Å². The van der Waals surface area contributed by atoms with E-state index >= 15 is 0 Å². The molecule has 0 aliphatic carbocycles. The van der Waals surface area contributed by atoms with E-state index in [-0.39, 0.29) is 5.91 Å². The number of amides is 1. The number of carbonyl (C=O) groups excluding carboxylic acids is 1. The van der Waals surface area contributed by atoms with E-state index in [1.165, 1.54) is 6.26 Å². The monoisotopic (exact) mass is 190 g/mol. The fourth-order valence-electron chi connectivity index (χ4n) is 1.15. The molecule has 0 radical (unpaired) electrons. The molecule has 0 fully saturated rings. The number of aromatic amines is 1. The smallest absolute Gasteiger partial charge is 0.287 e. The van der Waals surface area contributed by atoms with Crippen LogP contribution in [0.15, 0.2) is 41.3 Å². The lowest BCUT2D eigenvalue weighted by molar-refractivity contribution is 0.0923. The lowest BCUT2D eigenvalue weighted by Crippen LogP contribution is -2.21. The lowest BCUT2D eigenvalue weighted by atomic mass is 10.3. The second kappa shape index (κ2) is 3.83. The standard InChI is InChI=1S/C10H10N2O2/c13-10(9-2-1-5-14-9)12-7-8-3-4-11-6-8/h1-6,11H,7H2,(H,12,13). The number of carbonyl (C=O) groups is 1. The van der Waals surface area contributed by atoms with Crippen LogP contribution in [0, 0.1) is 0 Å². The fourth-order valence-corrected chi connectivity index (χ4v) is 1.15. The maximum absolute atomic E-state index is 11.4. The van der Waals surface area contributed by atoms with Gasteiger partial charge in [0.25, 0.3) is 5.91 Å². The summed E-state index contributed by atoms with van der Waals surface area (Å²) in [6.45, 7) is 0.503. The second-order valence-electron chi connectivity index (χ2n) is 2.88. The summed E-state index contributed by atoms with van der Waals surface area (Å²) in [7, 11) is 0. The summed E-state index contributed by atoms with van der Waals surface area (Å²) in [6, 6.07) is 5.22. The Hall–Kier alpha value is -1.97. The van der Waals surface area contributed by atoms with Crippen LogP contribution >= 0.6 is 0 Å². The van der Waals surface area contributed by atoms with Crippen LogP contribution in [-0.2, 0) is 6.54 Å². The minimum absolute atomic E-state index is 0.198. The molecule has 0 aliphatic heterocycles. The second-order valence-corrected chi connectivity index (χ2v) is 2.88. The van der Waals surface area contributed by atoms with E-state index in [0.29, 0.717) is 12.3 Å². The van der Waals surface area contributed by atoms with Crippen LogP contribution in [0.3, 0.4) is 0 Å². The third-order valence-corrected chi connectivity index (χ3v) is 1.86. The van der Waals surface area contributed by atoms with E-state index < -0.39 is 0 Å². The Labute approximate surface area is 80.9 Å². The van der Waals surface area contributed by atoms with Gasteiger partial charge in [-0.15, -0.1) is 0 Å². The molecule has 0 unspecified atom stereocenters. The third kappa shape index (κ3) is 1.85. The normalized spacial score (nSPS) is 10.0. The van der Waals surface area contributed by atoms with E-state index in [4.69, 9.17) is 4.42 Å². The molecule has 2 aromatic heterocycles. The number of aromatic nitrogens is 1. The lowest BCUT2D eigenvalue weighted by Gasteiger charge is -1.99. The van der Waals surface area contributed by atoms with Gasteiger partial charge in [0.05, 0.1) is 6.26 Å². The van der Waals surface area contributed by atoms with E-state index in [9.17, 15) is 4.79 Å². The molecule has 2 rings (SSSR count). The van der Waals surface area contributed by atoms with Gasteiger partial charge in [0.2, 0.25) is 0 Å². The summed E-state index contributed by atoms with van der Waals surface area (Å²) in [6.07, 6.45) is 5.13. The van der Waals surface area contributed by atoms with Gasteiger partial charge in [0, 0.05) is 18.9 Å². The highest BCUT2D eigenvalue weighted by molar-refractivity contribution is 5.91. The van der Waals surface area contributed by atoms with E-state index in [1.54, 1.807) is 12.1 Å². The van der Waals surface area contributed by atoms with Crippen molar-refractivity contribution in [1.82, 2.24) is 10.3 Å². The summed E-state index contributed by atoms with van der Waals surface area (Å²) >= 11 is 0. The van der Waals surface area contributed by atoms with Gasteiger partial charge in [-0.05, 0) is 23.8 Å². The van der Waals surface area contributed by atoms with Crippen molar-refractivity contribution in [2.24, 2.45) is 0 Å². The molecule has 1 amide bonds. The van der Waals surface area contributed by atoms with Crippen LogP contribution in [0.25, 0.3) is 0 Å². The molecule has 72 valence electrons. The number of rotatable bonds is 3. The van der Waals surface area contributed by atoms with Crippen molar-refractivity contribution < 1.29 is 9.21 Å². The third-order valence-electron chi connectivity index (χ3n) is 1.86. The van der Waals surface area contributed by atoms with E-state index in [0.717, 1.165) is 5.56 Å². The zero-order chi connectivity index (χ0) is 9.80. The Morgan fingerprint density at radius 1 is 1.50 bits per heavy atom. The van der Waals surface area contributed by atoms with Crippen molar-refractivity contribution in [2.75, 3.05) is 0 Å². The molecule has 0 aliphatic rings. The highest BCUT2D eigenvalue weighted by atomic mass is 16.3. The Kier molecular flexibility index (Phi) is 2.36. The zero-order valence-corrected chi connectivity index (χ0v) is 7.49. The minimum Gasteiger partial charge on any atom is -0.459 e. The Morgan fingerprint density at radius 3 is 3.07 bits per heavy atom. The van der Waals surface area contributed by atoms with Crippen LogP contribution in [0.4, 0.5) is 0 Å². The number of hydrogen-bond donors (Lipinski definition) is 2. The molecular weight excluding hydrogens is 180 g/mol. The van der Waals surface area contributed by atoms with Crippen LogP contribution in [0.5, 0.6) is 0 Å². The molecular formula is C10H10N2O2. The van der Waals surface area contributed by atoms with Gasteiger partial charge >= 0.3 is 0 Å². The zero-order valence-electron chi connectivity index (χ0n) is 7.49. The molecule has 4 nitrogen and oxygen atoms in total. The summed E-state index contributed by atoms with van der Waals surface area (Å²) in [5.41, 5.74) is 1.03. The summed E-state index contributed by atoms with van der Waals surface area (Å²) < 4.78 is 4.95. The maximum Gasteiger partial charge on any atom is 0.287 e. The number of nitrogens with one attached hydrogen (secondary N) is 2. The molecule has 14 heavy (non-hydrogen) atoms. The summed E-state index contributed by atoms with van der Waals surface area (Å²) in [4.78, 5) is 14.3. The van der Waals surface area contributed by atoms with Crippen LogP contribution in [0.1, 0.15) is 16.1 Å². The van der Waals surface area contributed by atoms with E-state index in [2.05, 4.69) is 10.3 Å². The predicted molar refractivity (Wildman–Crippen MR) is 50.7 cm³/mol. The SMILES string of the molecule is O=C(NCc1cc[nH]c1)c1ccco1. The first-order chi connectivity index (χ1) is 6.86. The maximum atomic E-state index is 11.4. The fraction of sp³-hybridized carbons (Fsp3) is 0.100. The van der Waals surface area contributed by atoms with Crippen molar-refractivity contribution in [3.05, 3.63) is 48.2 Å². The first-order valence-corrected chi connectivity index (χ1v) is 4.29. The summed E-state index contributed by atoms with van der Waals surface area (Å²) in [5, 5.41) is 2.73. The first kappa shape index (κ1) is 8.62. The topological polar surface area (TPSA) is 58.0 Å². The molecule has 4 heteroatoms. The first-order valence-electron chi connectivity index (χ1n) is 4.29. The molecule has 2 heterocycles. The van der Waals surface area contributed by atoms with Gasteiger partial charge in [0.15, 0.2) is 5.76 Å². The van der Waals surface area contributed by atoms with Gasteiger partial charge in [-0.25, -0.2) is 0 Å².